The predicted molar refractivity (Wildman–Crippen MR) is 69.1 cm³/mol. The average Bonchev–Trinajstić information content (AvgIpc) is 2.53. The van der Waals surface area contributed by atoms with Gasteiger partial charge < -0.3 is 14.6 Å². The summed E-state index contributed by atoms with van der Waals surface area (Å²) < 4.78 is 11.0. The van der Waals surface area contributed by atoms with E-state index in [1.54, 1.807) is 11.8 Å². The quantitative estimate of drug-likeness (QED) is 0.842. The van der Waals surface area contributed by atoms with Gasteiger partial charge in [-0.3, -0.25) is 0 Å². The molecule has 0 fully saturated rings. The van der Waals surface area contributed by atoms with Crippen molar-refractivity contribution in [2.24, 2.45) is 0 Å². The standard InChI is InChI=1S/C13H18O3S/c1-13(2,9-14)17-10-4-5-11-12(8-10)16-7-3-6-15-11/h4-5,8,14H,3,6-7,9H2,1-2H3. The predicted octanol–water partition coefficient (Wildman–Crippen LogP) is 2.71. The van der Waals surface area contributed by atoms with Crippen molar-refractivity contribution >= 4 is 11.8 Å². The maximum Gasteiger partial charge on any atom is 0.162 e. The Balaban J connectivity index is 2.18. The van der Waals surface area contributed by atoms with E-state index >= 15 is 0 Å². The highest BCUT2D eigenvalue weighted by Crippen LogP contribution is 2.38. The van der Waals surface area contributed by atoms with E-state index in [9.17, 15) is 5.11 Å². The SMILES string of the molecule is CC(C)(CO)Sc1ccc2c(c1)OCCCO2. The number of thioether (sulfide) groups is 1. The Morgan fingerprint density at radius 1 is 1.24 bits per heavy atom. The van der Waals surface area contributed by atoms with Gasteiger partial charge in [-0.15, -0.1) is 11.8 Å². The van der Waals surface area contributed by atoms with Crippen LogP contribution in [0, 0.1) is 0 Å². The molecule has 0 radical (unpaired) electrons. The molecule has 0 amide bonds. The lowest BCUT2D eigenvalue weighted by Crippen LogP contribution is -2.19. The number of fused-ring (bicyclic) bond motifs is 1. The molecule has 94 valence electrons. The molecule has 3 nitrogen and oxygen atoms in total. The summed E-state index contributed by atoms with van der Waals surface area (Å²) in [5, 5.41) is 9.26. The third-order valence-corrected chi connectivity index (χ3v) is 3.67. The number of ether oxygens (including phenoxy) is 2. The molecule has 0 saturated heterocycles. The molecule has 0 saturated carbocycles. The Morgan fingerprint density at radius 3 is 2.65 bits per heavy atom. The van der Waals surface area contributed by atoms with Gasteiger partial charge in [0.25, 0.3) is 0 Å². The summed E-state index contributed by atoms with van der Waals surface area (Å²) in [5.41, 5.74) is 0. The lowest BCUT2D eigenvalue weighted by atomic mass is 10.2. The molecule has 0 aliphatic carbocycles. The number of hydrogen-bond donors (Lipinski definition) is 1. The van der Waals surface area contributed by atoms with E-state index in [0.29, 0.717) is 13.2 Å². The van der Waals surface area contributed by atoms with Gasteiger partial charge >= 0.3 is 0 Å². The van der Waals surface area contributed by atoms with Crippen LogP contribution in [0.3, 0.4) is 0 Å². The van der Waals surface area contributed by atoms with E-state index in [-0.39, 0.29) is 11.4 Å². The minimum atomic E-state index is -0.181. The molecule has 0 atom stereocenters. The van der Waals surface area contributed by atoms with Crippen LogP contribution in [0.25, 0.3) is 0 Å². The molecular formula is C13H18O3S. The van der Waals surface area contributed by atoms with Crippen LogP contribution < -0.4 is 9.47 Å². The molecule has 0 bridgehead atoms. The number of aliphatic hydroxyl groups is 1. The second-order valence-corrected chi connectivity index (χ2v) is 6.46. The van der Waals surface area contributed by atoms with Gasteiger partial charge in [-0.2, -0.15) is 0 Å². The van der Waals surface area contributed by atoms with E-state index in [2.05, 4.69) is 0 Å². The molecule has 1 N–H and O–H groups in total. The van der Waals surface area contributed by atoms with E-state index in [0.717, 1.165) is 22.8 Å². The van der Waals surface area contributed by atoms with Crippen molar-refractivity contribution in [1.29, 1.82) is 0 Å². The van der Waals surface area contributed by atoms with Gasteiger partial charge in [0, 0.05) is 16.1 Å². The van der Waals surface area contributed by atoms with Crippen LogP contribution >= 0.6 is 11.8 Å². The van der Waals surface area contributed by atoms with E-state index in [1.165, 1.54) is 0 Å². The van der Waals surface area contributed by atoms with Crippen LogP contribution in [-0.4, -0.2) is 29.7 Å². The Hall–Kier alpha value is -0.870. The van der Waals surface area contributed by atoms with Gasteiger partial charge in [-0.1, -0.05) is 0 Å². The number of hydrogen-bond acceptors (Lipinski definition) is 4. The van der Waals surface area contributed by atoms with Crippen molar-refractivity contribution in [3.8, 4) is 11.5 Å². The third-order valence-electron chi connectivity index (χ3n) is 2.49. The zero-order valence-corrected chi connectivity index (χ0v) is 11.0. The highest BCUT2D eigenvalue weighted by atomic mass is 32.2. The second kappa shape index (κ2) is 5.19. The summed E-state index contributed by atoms with van der Waals surface area (Å²) in [6, 6.07) is 5.94. The van der Waals surface area contributed by atoms with Gasteiger partial charge in [0.2, 0.25) is 0 Å². The minimum absolute atomic E-state index is 0.145. The fraction of sp³-hybridized carbons (Fsp3) is 0.538. The van der Waals surface area contributed by atoms with Crippen molar-refractivity contribution in [3.63, 3.8) is 0 Å². The van der Waals surface area contributed by atoms with Crippen molar-refractivity contribution in [2.45, 2.75) is 29.9 Å². The second-order valence-electron chi connectivity index (χ2n) is 4.68. The molecular weight excluding hydrogens is 236 g/mol. The molecule has 1 aliphatic heterocycles. The van der Waals surface area contributed by atoms with E-state index < -0.39 is 0 Å². The monoisotopic (exact) mass is 254 g/mol. The van der Waals surface area contributed by atoms with Crippen LogP contribution in [0.4, 0.5) is 0 Å². The first kappa shape index (κ1) is 12.6. The summed E-state index contributed by atoms with van der Waals surface area (Å²) in [7, 11) is 0. The molecule has 2 rings (SSSR count). The van der Waals surface area contributed by atoms with Crippen molar-refractivity contribution in [2.75, 3.05) is 19.8 Å². The smallest absolute Gasteiger partial charge is 0.162 e. The largest absolute Gasteiger partial charge is 0.490 e. The average molecular weight is 254 g/mol. The van der Waals surface area contributed by atoms with Crippen LogP contribution in [-0.2, 0) is 0 Å². The van der Waals surface area contributed by atoms with Crippen LogP contribution in [0.5, 0.6) is 11.5 Å². The maximum atomic E-state index is 9.26. The maximum absolute atomic E-state index is 9.26. The van der Waals surface area contributed by atoms with Crippen molar-refractivity contribution in [1.82, 2.24) is 0 Å². The summed E-state index contributed by atoms with van der Waals surface area (Å²) in [6.45, 7) is 5.58. The zero-order valence-electron chi connectivity index (χ0n) is 10.2. The van der Waals surface area contributed by atoms with Gasteiger partial charge in [0.05, 0.1) is 19.8 Å². The number of aliphatic hydroxyl groups excluding tert-OH is 1. The van der Waals surface area contributed by atoms with Gasteiger partial charge in [0.15, 0.2) is 11.5 Å². The molecule has 17 heavy (non-hydrogen) atoms. The Kier molecular flexibility index (Phi) is 3.84. The normalized spacial score (nSPS) is 15.5. The Labute approximate surface area is 106 Å². The van der Waals surface area contributed by atoms with Gasteiger partial charge in [-0.25, -0.2) is 0 Å². The molecule has 1 aromatic rings. The molecule has 1 aromatic carbocycles. The fourth-order valence-electron chi connectivity index (χ4n) is 1.56. The van der Waals surface area contributed by atoms with E-state index in [1.807, 2.05) is 32.0 Å². The molecule has 0 unspecified atom stereocenters. The molecule has 4 heteroatoms. The third kappa shape index (κ3) is 3.30. The van der Waals surface area contributed by atoms with Crippen LogP contribution in [0.15, 0.2) is 23.1 Å². The van der Waals surface area contributed by atoms with Crippen molar-refractivity contribution < 1.29 is 14.6 Å². The molecule has 0 aromatic heterocycles. The number of rotatable bonds is 3. The van der Waals surface area contributed by atoms with Gasteiger partial charge in [-0.05, 0) is 32.0 Å². The topological polar surface area (TPSA) is 38.7 Å². The highest BCUT2D eigenvalue weighted by molar-refractivity contribution is 8.00. The first-order chi connectivity index (χ1) is 8.11. The zero-order chi connectivity index (χ0) is 12.3. The number of benzene rings is 1. The summed E-state index contributed by atoms with van der Waals surface area (Å²) in [4.78, 5) is 1.09. The first-order valence-electron chi connectivity index (χ1n) is 5.80. The lowest BCUT2D eigenvalue weighted by Gasteiger charge is -2.21. The Morgan fingerprint density at radius 2 is 1.94 bits per heavy atom. The van der Waals surface area contributed by atoms with E-state index in [4.69, 9.17) is 9.47 Å². The summed E-state index contributed by atoms with van der Waals surface area (Å²) >= 11 is 1.64. The van der Waals surface area contributed by atoms with Crippen LogP contribution in [0.1, 0.15) is 20.3 Å². The van der Waals surface area contributed by atoms with Gasteiger partial charge in [0.1, 0.15) is 0 Å². The molecule has 1 heterocycles. The summed E-state index contributed by atoms with van der Waals surface area (Å²) in [5.74, 6) is 1.62. The minimum Gasteiger partial charge on any atom is -0.490 e. The molecule has 1 aliphatic rings. The first-order valence-corrected chi connectivity index (χ1v) is 6.62. The fourth-order valence-corrected chi connectivity index (χ4v) is 2.56. The summed E-state index contributed by atoms with van der Waals surface area (Å²) in [6.07, 6.45) is 0.916. The molecule has 0 spiro atoms. The lowest BCUT2D eigenvalue weighted by molar-refractivity contribution is 0.265. The highest BCUT2D eigenvalue weighted by Gasteiger charge is 2.19. The Bertz CT molecular complexity index is 390. The van der Waals surface area contributed by atoms with Crippen LogP contribution in [0.2, 0.25) is 0 Å². The van der Waals surface area contributed by atoms with Crippen molar-refractivity contribution in [3.05, 3.63) is 18.2 Å².